The largest absolute Gasteiger partial charge is 0.326 e. The van der Waals surface area contributed by atoms with Crippen LogP contribution < -0.4 is 4.98 Å². The summed E-state index contributed by atoms with van der Waals surface area (Å²) in [6, 6.07) is 0.0871. The fourth-order valence-corrected chi connectivity index (χ4v) is 4.83. The van der Waals surface area contributed by atoms with Crippen LogP contribution in [0.15, 0.2) is 0 Å². The summed E-state index contributed by atoms with van der Waals surface area (Å²) in [4.78, 5) is 37.8. The molecule has 0 fully saturated rings. The van der Waals surface area contributed by atoms with Gasteiger partial charge in [0.1, 0.15) is 16.6 Å². The summed E-state index contributed by atoms with van der Waals surface area (Å²) in [5.41, 5.74) is 0. The number of carbonyl (C=O) groups excluding carboxylic acids is 3. The van der Waals surface area contributed by atoms with Crippen LogP contribution in [0.2, 0.25) is 6.04 Å². The van der Waals surface area contributed by atoms with E-state index in [1.165, 1.54) is 20.8 Å². The maximum Gasteiger partial charge on any atom is 0.281 e. The van der Waals surface area contributed by atoms with Crippen molar-refractivity contribution in [3.8, 4) is 0 Å². The molecule has 0 aliphatic rings. The third kappa shape index (κ3) is 4.91. The van der Waals surface area contributed by atoms with Crippen LogP contribution in [0.3, 0.4) is 0 Å². The standard InChI is InChI=1S/C12H23NO3Si/c1-5-6-7-8-13-17(11(3)15,12(4)16)9-10(2)14/h13H,5-9H2,1-4H3. The molecule has 0 aromatic heterocycles. The van der Waals surface area contributed by atoms with Gasteiger partial charge in [-0.2, -0.15) is 0 Å². The molecule has 0 atom stereocenters. The first-order valence-electron chi connectivity index (χ1n) is 6.13. The van der Waals surface area contributed by atoms with E-state index in [2.05, 4.69) is 11.9 Å². The number of ketones is 1. The number of nitrogens with one attached hydrogen (secondary N) is 1. The summed E-state index contributed by atoms with van der Waals surface area (Å²) < 4.78 is 0. The van der Waals surface area contributed by atoms with Crippen LogP contribution in [0.25, 0.3) is 0 Å². The Morgan fingerprint density at radius 1 is 1.00 bits per heavy atom. The molecule has 0 spiro atoms. The lowest BCUT2D eigenvalue weighted by molar-refractivity contribution is -0.118. The Morgan fingerprint density at radius 2 is 1.53 bits per heavy atom. The second-order valence-corrected chi connectivity index (χ2v) is 8.46. The van der Waals surface area contributed by atoms with Crippen LogP contribution >= 0.6 is 0 Å². The molecule has 0 bridgehead atoms. The molecule has 5 heteroatoms. The minimum atomic E-state index is -2.94. The lowest BCUT2D eigenvalue weighted by Gasteiger charge is -2.25. The van der Waals surface area contributed by atoms with Crippen molar-refractivity contribution in [2.45, 2.75) is 53.0 Å². The molecule has 0 amide bonds. The quantitative estimate of drug-likeness (QED) is 0.503. The minimum Gasteiger partial charge on any atom is -0.326 e. The lowest BCUT2D eigenvalue weighted by atomic mass is 10.3. The van der Waals surface area contributed by atoms with Crippen molar-refractivity contribution in [3.05, 3.63) is 0 Å². The molecule has 0 aromatic rings. The summed E-state index contributed by atoms with van der Waals surface area (Å²) in [6.07, 6.45) is 3.08. The van der Waals surface area contributed by atoms with Crippen molar-refractivity contribution < 1.29 is 14.4 Å². The number of Topliss-reactive ketones (excluding diaryl/α,β-unsaturated/α-hetero) is 1. The monoisotopic (exact) mass is 257 g/mol. The van der Waals surface area contributed by atoms with E-state index in [9.17, 15) is 14.4 Å². The van der Waals surface area contributed by atoms with Gasteiger partial charge in [-0.1, -0.05) is 19.8 Å². The summed E-state index contributed by atoms with van der Waals surface area (Å²) in [6.45, 7) is 7.01. The molecule has 0 radical (unpaired) electrons. The highest BCUT2D eigenvalue weighted by Gasteiger charge is 2.45. The van der Waals surface area contributed by atoms with Crippen molar-refractivity contribution in [1.29, 1.82) is 0 Å². The van der Waals surface area contributed by atoms with E-state index >= 15 is 0 Å². The summed E-state index contributed by atoms with van der Waals surface area (Å²) in [7, 11) is -2.94. The predicted molar refractivity (Wildman–Crippen MR) is 70.1 cm³/mol. The number of unbranched alkanes of at least 4 members (excludes halogenated alkanes) is 2. The maximum atomic E-state index is 11.7. The van der Waals surface area contributed by atoms with E-state index in [-0.39, 0.29) is 22.6 Å². The normalized spacial score (nSPS) is 11.3. The first-order valence-corrected chi connectivity index (χ1v) is 8.34. The summed E-state index contributed by atoms with van der Waals surface area (Å²) >= 11 is 0. The Morgan fingerprint density at radius 3 is 1.88 bits per heavy atom. The topological polar surface area (TPSA) is 63.2 Å². The lowest BCUT2D eigenvalue weighted by Crippen LogP contribution is -2.63. The van der Waals surface area contributed by atoms with Gasteiger partial charge in [0.25, 0.3) is 8.24 Å². The average molecular weight is 257 g/mol. The van der Waals surface area contributed by atoms with Crippen molar-refractivity contribution in [2.75, 3.05) is 6.54 Å². The third-order valence-corrected chi connectivity index (χ3v) is 7.21. The van der Waals surface area contributed by atoms with E-state index in [1.54, 1.807) is 0 Å². The van der Waals surface area contributed by atoms with Crippen LogP contribution in [0.4, 0.5) is 0 Å². The molecule has 0 aliphatic carbocycles. The van der Waals surface area contributed by atoms with Gasteiger partial charge < -0.3 is 19.4 Å². The van der Waals surface area contributed by atoms with Crippen molar-refractivity contribution in [3.63, 3.8) is 0 Å². The highest BCUT2D eigenvalue weighted by atomic mass is 28.3. The third-order valence-electron chi connectivity index (χ3n) is 2.92. The zero-order chi connectivity index (χ0) is 13.5. The van der Waals surface area contributed by atoms with Gasteiger partial charge in [0, 0.05) is 6.04 Å². The first-order chi connectivity index (χ1) is 7.86. The number of hydrogen-bond acceptors (Lipinski definition) is 4. The SMILES string of the molecule is CCCCCN[Si](CC(C)=O)(C(C)=O)C(C)=O. The van der Waals surface area contributed by atoms with E-state index in [1.807, 2.05) is 0 Å². The molecular formula is C12H23NO3Si. The fourth-order valence-electron chi connectivity index (χ4n) is 1.86. The molecule has 0 saturated carbocycles. The molecule has 98 valence electrons. The fraction of sp³-hybridized carbons (Fsp3) is 0.750. The Hall–Kier alpha value is -0.813. The number of carbonyl (C=O) groups is 3. The van der Waals surface area contributed by atoms with Crippen molar-refractivity contribution >= 4 is 24.8 Å². The van der Waals surface area contributed by atoms with Crippen LogP contribution in [0.1, 0.15) is 47.0 Å². The van der Waals surface area contributed by atoms with Crippen molar-refractivity contribution in [1.82, 2.24) is 4.98 Å². The second-order valence-electron chi connectivity index (χ2n) is 4.53. The Labute approximate surface area is 104 Å². The van der Waals surface area contributed by atoms with Gasteiger partial charge in [-0.15, -0.1) is 0 Å². The molecule has 0 aromatic carbocycles. The van der Waals surface area contributed by atoms with Gasteiger partial charge in [0.05, 0.1) is 0 Å². The van der Waals surface area contributed by atoms with Gasteiger partial charge in [-0.25, -0.2) is 0 Å². The highest BCUT2D eigenvalue weighted by molar-refractivity contribution is 7.24. The number of rotatable bonds is 9. The van der Waals surface area contributed by atoms with Gasteiger partial charge in [0.2, 0.25) is 0 Å². The molecule has 0 aliphatic heterocycles. The maximum absolute atomic E-state index is 11.7. The van der Waals surface area contributed by atoms with Gasteiger partial charge in [0.15, 0.2) is 0 Å². The summed E-state index contributed by atoms with van der Waals surface area (Å²) in [5, 5.41) is -0.284. The summed E-state index contributed by atoms with van der Waals surface area (Å²) in [5.74, 6) is -0.0925. The zero-order valence-electron chi connectivity index (χ0n) is 11.3. The van der Waals surface area contributed by atoms with Gasteiger partial charge in [-0.05, 0) is 33.7 Å². The van der Waals surface area contributed by atoms with Crippen LogP contribution in [-0.4, -0.2) is 31.4 Å². The molecule has 1 N–H and O–H groups in total. The van der Waals surface area contributed by atoms with Crippen molar-refractivity contribution in [2.24, 2.45) is 0 Å². The van der Waals surface area contributed by atoms with E-state index in [0.717, 1.165) is 19.3 Å². The molecule has 0 unspecified atom stereocenters. The molecule has 17 heavy (non-hydrogen) atoms. The molecule has 0 heterocycles. The van der Waals surface area contributed by atoms with E-state index in [0.29, 0.717) is 6.54 Å². The van der Waals surface area contributed by atoms with Crippen LogP contribution in [0, 0.1) is 0 Å². The molecule has 0 saturated heterocycles. The first kappa shape index (κ1) is 16.2. The van der Waals surface area contributed by atoms with Crippen LogP contribution in [-0.2, 0) is 14.4 Å². The smallest absolute Gasteiger partial charge is 0.281 e. The average Bonchev–Trinajstić information content (AvgIpc) is 2.21. The molecular weight excluding hydrogens is 234 g/mol. The number of hydrogen-bond donors (Lipinski definition) is 1. The van der Waals surface area contributed by atoms with Gasteiger partial charge in [-0.3, -0.25) is 0 Å². The zero-order valence-corrected chi connectivity index (χ0v) is 12.3. The van der Waals surface area contributed by atoms with E-state index in [4.69, 9.17) is 0 Å². The van der Waals surface area contributed by atoms with E-state index < -0.39 is 8.24 Å². The second kappa shape index (κ2) is 7.50. The highest BCUT2D eigenvalue weighted by Crippen LogP contribution is 2.11. The Kier molecular flexibility index (Phi) is 7.14. The predicted octanol–water partition coefficient (Wildman–Crippen LogP) is 1.56. The molecule has 4 nitrogen and oxygen atoms in total. The molecule has 0 rings (SSSR count). The van der Waals surface area contributed by atoms with Gasteiger partial charge >= 0.3 is 0 Å². The van der Waals surface area contributed by atoms with Crippen LogP contribution in [0.5, 0.6) is 0 Å². The minimum absolute atomic E-state index is 0.0871. The Balaban J connectivity index is 4.74. The Bertz CT molecular complexity index is 288.